The van der Waals surface area contributed by atoms with Crippen molar-refractivity contribution in [1.82, 2.24) is 0 Å². The van der Waals surface area contributed by atoms with Crippen LogP contribution in [0.25, 0.3) is 0 Å². The maximum atomic E-state index is 5.47. The van der Waals surface area contributed by atoms with Gasteiger partial charge >= 0.3 is 0 Å². The Labute approximate surface area is 60.8 Å². The highest BCUT2D eigenvalue weighted by Gasteiger charge is 2.42. The maximum absolute atomic E-state index is 5.47. The molecule has 2 unspecified atom stereocenters. The topological polar surface area (TPSA) is 18.5 Å². The molecule has 2 heterocycles. The lowest BCUT2D eigenvalue weighted by Gasteiger charge is -2.31. The third-order valence-electron chi connectivity index (χ3n) is 2.42. The van der Waals surface area contributed by atoms with E-state index in [4.69, 9.17) is 9.47 Å². The normalized spacial score (nSPS) is 44.7. The zero-order valence-corrected chi connectivity index (χ0v) is 6.17. The van der Waals surface area contributed by atoms with Gasteiger partial charge in [-0.3, -0.25) is 0 Å². The van der Waals surface area contributed by atoms with E-state index >= 15 is 0 Å². The Morgan fingerprint density at radius 2 is 2.50 bits per heavy atom. The highest BCUT2D eigenvalue weighted by atomic mass is 16.7. The second kappa shape index (κ2) is 1.99. The van der Waals surface area contributed by atoms with E-state index in [2.05, 4.69) is 6.08 Å². The smallest absolute Gasteiger partial charge is 0.209 e. The lowest BCUT2D eigenvalue weighted by atomic mass is 9.94. The van der Waals surface area contributed by atoms with E-state index in [1.54, 1.807) is 6.26 Å². The molecule has 2 nitrogen and oxygen atoms in total. The van der Waals surface area contributed by atoms with Gasteiger partial charge in [0.15, 0.2) is 0 Å². The van der Waals surface area contributed by atoms with Crippen LogP contribution in [0.2, 0.25) is 0 Å². The summed E-state index contributed by atoms with van der Waals surface area (Å²) in [6, 6.07) is 0. The summed E-state index contributed by atoms with van der Waals surface area (Å²) >= 11 is 0. The standard InChI is InChI=1S/C8H12O2/c1-8-7(4-6-10-8)3-2-5-9-8/h2,5,7H,3-4,6H2,1H3. The Morgan fingerprint density at radius 3 is 3.30 bits per heavy atom. The van der Waals surface area contributed by atoms with Crippen LogP contribution >= 0.6 is 0 Å². The minimum Gasteiger partial charge on any atom is -0.470 e. The summed E-state index contributed by atoms with van der Waals surface area (Å²) in [5.74, 6) is 0.284. The van der Waals surface area contributed by atoms with E-state index in [1.165, 1.54) is 0 Å². The van der Waals surface area contributed by atoms with Gasteiger partial charge in [-0.25, -0.2) is 0 Å². The summed E-state index contributed by atoms with van der Waals surface area (Å²) in [6.45, 7) is 2.87. The van der Waals surface area contributed by atoms with Crippen molar-refractivity contribution < 1.29 is 9.47 Å². The number of rotatable bonds is 0. The van der Waals surface area contributed by atoms with Gasteiger partial charge in [0.2, 0.25) is 5.79 Å². The van der Waals surface area contributed by atoms with Crippen LogP contribution in [0.1, 0.15) is 19.8 Å². The molecular weight excluding hydrogens is 128 g/mol. The van der Waals surface area contributed by atoms with Crippen molar-refractivity contribution >= 4 is 0 Å². The Hall–Kier alpha value is -0.500. The van der Waals surface area contributed by atoms with E-state index < -0.39 is 0 Å². The van der Waals surface area contributed by atoms with Crippen molar-refractivity contribution in [3.8, 4) is 0 Å². The second-order valence-electron chi connectivity index (χ2n) is 3.08. The first-order valence-electron chi connectivity index (χ1n) is 3.78. The van der Waals surface area contributed by atoms with Crippen molar-refractivity contribution in [2.24, 2.45) is 5.92 Å². The lowest BCUT2D eigenvalue weighted by molar-refractivity contribution is -0.190. The van der Waals surface area contributed by atoms with E-state index in [9.17, 15) is 0 Å². The molecule has 0 radical (unpaired) electrons. The fourth-order valence-electron chi connectivity index (χ4n) is 1.65. The second-order valence-corrected chi connectivity index (χ2v) is 3.08. The summed E-state index contributed by atoms with van der Waals surface area (Å²) < 4.78 is 10.9. The largest absolute Gasteiger partial charge is 0.470 e. The van der Waals surface area contributed by atoms with Crippen LogP contribution in [0, 0.1) is 5.92 Å². The zero-order chi connectivity index (χ0) is 7.03. The quantitative estimate of drug-likeness (QED) is 0.509. The van der Waals surface area contributed by atoms with Crippen LogP contribution in [0.4, 0.5) is 0 Å². The van der Waals surface area contributed by atoms with Gasteiger partial charge < -0.3 is 9.47 Å². The molecule has 0 aliphatic carbocycles. The first-order valence-corrected chi connectivity index (χ1v) is 3.78. The van der Waals surface area contributed by atoms with E-state index in [0.717, 1.165) is 19.4 Å². The van der Waals surface area contributed by atoms with Crippen LogP contribution in [-0.2, 0) is 9.47 Å². The van der Waals surface area contributed by atoms with Crippen molar-refractivity contribution in [3.05, 3.63) is 12.3 Å². The maximum Gasteiger partial charge on any atom is 0.209 e. The molecule has 0 aromatic carbocycles. The highest BCUT2D eigenvalue weighted by molar-refractivity contribution is 4.93. The van der Waals surface area contributed by atoms with Crippen LogP contribution in [0.3, 0.4) is 0 Å². The van der Waals surface area contributed by atoms with Gasteiger partial charge in [0, 0.05) is 12.8 Å². The molecule has 0 saturated carbocycles. The van der Waals surface area contributed by atoms with E-state index in [0.29, 0.717) is 5.92 Å². The van der Waals surface area contributed by atoms with Crippen molar-refractivity contribution in [3.63, 3.8) is 0 Å². The van der Waals surface area contributed by atoms with Crippen LogP contribution in [0.15, 0.2) is 12.3 Å². The van der Waals surface area contributed by atoms with Crippen molar-refractivity contribution in [2.45, 2.75) is 25.6 Å². The fourth-order valence-corrected chi connectivity index (χ4v) is 1.65. The average molecular weight is 140 g/mol. The predicted molar refractivity (Wildman–Crippen MR) is 37.3 cm³/mol. The van der Waals surface area contributed by atoms with Crippen LogP contribution in [0.5, 0.6) is 0 Å². The Kier molecular flexibility index (Phi) is 1.24. The molecule has 0 aromatic heterocycles. The number of allylic oxidation sites excluding steroid dienone is 1. The van der Waals surface area contributed by atoms with Crippen molar-refractivity contribution in [2.75, 3.05) is 6.61 Å². The molecule has 0 spiro atoms. The molecule has 0 amide bonds. The Morgan fingerprint density at radius 1 is 1.60 bits per heavy atom. The molecule has 2 heteroatoms. The van der Waals surface area contributed by atoms with Gasteiger partial charge in [0.25, 0.3) is 0 Å². The molecular formula is C8H12O2. The third-order valence-corrected chi connectivity index (χ3v) is 2.42. The van der Waals surface area contributed by atoms with Gasteiger partial charge in [-0.05, 0) is 18.9 Å². The number of fused-ring (bicyclic) bond motifs is 1. The molecule has 1 saturated heterocycles. The molecule has 56 valence electrons. The van der Waals surface area contributed by atoms with Gasteiger partial charge in [-0.1, -0.05) is 0 Å². The average Bonchev–Trinajstić information content (AvgIpc) is 2.29. The summed E-state index contributed by atoms with van der Waals surface area (Å²) in [5, 5.41) is 0. The third kappa shape index (κ3) is 0.754. The first-order chi connectivity index (χ1) is 4.81. The van der Waals surface area contributed by atoms with Crippen LogP contribution < -0.4 is 0 Å². The summed E-state index contributed by atoms with van der Waals surface area (Å²) in [5.41, 5.74) is 0. The summed E-state index contributed by atoms with van der Waals surface area (Å²) in [4.78, 5) is 0. The molecule has 2 rings (SSSR count). The highest BCUT2D eigenvalue weighted by Crippen LogP contribution is 2.38. The number of ether oxygens (including phenoxy) is 2. The monoisotopic (exact) mass is 140 g/mol. The Bertz CT molecular complexity index is 165. The number of hydrogen-bond acceptors (Lipinski definition) is 2. The van der Waals surface area contributed by atoms with E-state index in [1.807, 2.05) is 6.92 Å². The minimum atomic E-state index is -0.297. The van der Waals surface area contributed by atoms with Crippen LogP contribution in [-0.4, -0.2) is 12.4 Å². The van der Waals surface area contributed by atoms with Gasteiger partial charge in [0.05, 0.1) is 12.9 Å². The Balaban J connectivity index is 2.20. The lowest BCUT2D eigenvalue weighted by Crippen LogP contribution is -2.34. The predicted octanol–water partition coefficient (Wildman–Crippen LogP) is 1.67. The molecule has 1 fully saturated rings. The SMILES string of the molecule is CC12OC=CCC1CCO2. The van der Waals surface area contributed by atoms with Gasteiger partial charge in [0.1, 0.15) is 0 Å². The molecule has 0 bridgehead atoms. The molecule has 0 aromatic rings. The summed E-state index contributed by atoms with van der Waals surface area (Å²) in [7, 11) is 0. The zero-order valence-electron chi connectivity index (χ0n) is 6.17. The molecule has 2 aliphatic rings. The fraction of sp³-hybridized carbons (Fsp3) is 0.750. The molecule has 10 heavy (non-hydrogen) atoms. The minimum absolute atomic E-state index is 0.297. The van der Waals surface area contributed by atoms with E-state index in [-0.39, 0.29) is 5.79 Å². The summed E-state index contributed by atoms with van der Waals surface area (Å²) in [6.07, 6.45) is 6.07. The van der Waals surface area contributed by atoms with Crippen molar-refractivity contribution in [1.29, 1.82) is 0 Å². The van der Waals surface area contributed by atoms with Gasteiger partial charge in [-0.15, -0.1) is 0 Å². The first kappa shape index (κ1) is 6.23. The number of hydrogen-bond donors (Lipinski definition) is 0. The van der Waals surface area contributed by atoms with Gasteiger partial charge in [-0.2, -0.15) is 0 Å². The molecule has 2 atom stereocenters. The molecule has 2 aliphatic heterocycles. The molecule has 0 N–H and O–H groups in total.